The Labute approximate surface area is 159 Å². The van der Waals surface area contributed by atoms with Gasteiger partial charge < -0.3 is 10.2 Å². The summed E-state index contributed by atoms with van der Waals surface area (Å²) >= 11 is 0. The number of benzene rings is 1. The van der Waals surface area contributed by atoms with E-state index in [2.05, 4.69) is 22.4 Å². The molecule has 1 saturated heterocycles. The second kappa shape index (κ2) is 7.51. The average Bonchev–Trinajstić information content (AvgIpc) is 3.40. The summed E-state index contributed by atoms with van der Waals surface area (Å²) in [6.07, 6.45) is 6.70. The topological polar surface area (TPSA) is 62.3 Å². The first-order chi connectivity index (χ1) is 13.2. The molecule has 2 aliphatic rings. The van der Waals surface area contributed by atoms with Crippen LogP contribution in [-0.4, -0.2) is 34.8 Å². The average molecular weight is 363 g/mol. The molecule has 0 radical (unpaired) electrons. The Morgan fingerprint density at radius 1 is 1.11 bits per heavy atom. The number of carbonyl (C=O) groups is 2. The minimum Gasteiger partial charge on any atom is -0.352 e. The van der Waals surface area contributed by atoms with Crippen molar-refractivity contribution in [2.24, 2.45) is 5.92 Å². The summed E-state index contributed by atoms with van der Waals surface area (Å²) in [6, 6.07) is 13.9. The molecular weight excluding hydrogens is 338 g/mol. The fraction of sp³-hybridized carbons (Fsp3) is 0.409. The zero-order chi connectivity index (χ0) is 18.7. The predicted molar refractivity (Wildman–Crippen MR) is 103 cm³/mol. The SMILES string of the molecule is O=C(CC1CCN(C(=O)C2(c3ccccc3)CC2)C1)NCc1ccncc1. The van der Waals surface area contributed by atoms with Crippen molar-refractivity contribution in [1.29, 1.82) is 0 Å². The Bertz CT molecular complexity index is 803. The number of rotatable bonds is 6. The first-order valence-corrected chi connectivity index (χ1v) is 9.68. The van der Waals surface area contributed by atoms with Crippen molar-refractivity contribution in [2.75, 3.05) is 13.1 Å². The second-order valence-corrected chi connectivity index (χ2v) is 7.69. The van der Waals surface area contributed by atoms with E-state index in [0.29, 0.717) is 19.5 Å². The van der Waals surface area contributed by atoms with Crippen molar-refractivity contribution in [3.8, 4) is 0 Å². The van der Waals surface area contributed by atoms with Crippen molar-refractivity contribution in [2.45, 2.75) is 37.6 Å². The van der Waals surface area contributed by atoms with Crippen LogP contribution in [0.3, 0.4) is 0 Å². The summed E-state index contributed by atoms with van der Waals surface area (Å²) in [5, 5.41) is 2.97. The molecule has 1 atom stereocenters. The van der Waals surface area contributed by atoms with Gasteiger partial charge in [-0.25, -0.2) is 0 Å². The van der Waals surface area contributed by atoms with Crippen molar-refractivity contribution in [3.63, 3.8) is 0 Å². The minimum atomic E-state index is -0.306. The number of pyridine rings is 1. The van der Waals surface area contributed by atoms with E-state index in [1.807, 2.05) is 35.2 Å². The van der Waals surface area contributed by atoms with Crippen molar-refractivity contribution < 1.29 is 9.59 Å². The lowest BCUT2D eigenvalue weighted by molar-refractivity contribution is -0.133. The number of carbonyl (C=O) groups excluding carboxylic acids is 2. The summed E-state index contributed by atoms with van der Waals surface area (Å²) < 4.78 is 0. The van der Waals surface area contributed by atoms with Crippen LogP contribution in [0.15, 0.2) is 54.9 Å². The van der Waals surface area contributed by atoms with Crippen molar-refractivity contribution in [1.82, 2.24) is 15.2 Å². The first-order valence-electron chi connectivity index (χ1n) is 9.68. The maximum Gasteiger partial charge on any atom is 0.233 e. The summed E-state index contributed by atoms with van der Waals surface area (Å²) in [5.74, 6) is 0.543. The maximum absolute atomic E-state index is 13.1. The summed E-state index contributed by atoms with van der Waals surface area (Å²) in [4.78, 5) is 31.3. The van der Waals surface area contributed by atoms with Crippen LogP contribution in [0.4, 0.5) is 0 Å². The van der Waals surface area contributed by atoms with Gasteiger partial charge in [0.25, 0.3) is 0 Å². The Kier molecular flexibility index (Phi) is 4.92. The predicted octanol–water partition coefficient (Wildman–Crippen LogP) is 2.67. The zero-order valence-electron chi connectivity index (χ0n) is 15.4. The molecule has 0 spiro atoms. The van der Waals surface area contributed by atoms with Crippen LogP contribution in [0.5, 0.6) is 0 Å². The van der Waals surface area contributed by atoms with E-state index in [9.17, 15) is 9.59 Å². The molecule has 5 nitrogen and oxygen atoms in total. The number of likely N-dealkylation sites (tertiary alicyclic amines) is 1. The van der Waals surface area contributed by atoms with Crippen LogP contribution in [0.2, 0.25) is 0 Å². The molecule has 2 aromatic rings. The molecule has 2 heterocycles. The molecule has 5 heteroatoms. The van der Waals surface area contributed by atoms with Gasteiger partial charge in [-0.3, -0.25) is 14.6 Å². The standard InChI is InChI=1S/C22H25N3O2/c26-20(24-15-17-6-11-23-12-7-17)14-18-8-13-25(16-18)21(27)22(9-10-22)19-4-2-1-3-5-19/h1-7,11-12,18H,8-10,13-16H2,(H,24,26). The molecule has 1 aliphatic heterocycles. The fourth-order valence-electron chi connectivity index (χ4n) is 4.03. The van der Waals surface area contributed by atoms with Crippen LogP contribution in [-0.2, 0) is 21.5 Å². The molecule has 1 aliphatic carbocycles. The molecule has 2 amide bonds. The van der Waals surface area contributed by atoms with E-state index in [0.717, 1.165) is 36.9 Å². The van der Waals surface area contributed by atoms with Gasteiger partial charge in [-0.1, -0.05) is 30.3 Å². The fourth-order valence-corrected chi connectivity index (χ4v) is 4.03. The highest BCUT2D eigenvalue weighted by molar-refractivity contribution is 5.91. The molecule has 1 aromatic carbocycles. The van der Waals surface area contributed by atoms with Crippen LogP contribution < -0.4 is 5.32 Å². The van der Waals surface area contributed by atoms with E-state index < -0.39 is 0 Å². The molecule has 27 heavy (non-hydrogen) atoms. The first kappa shape index (κ1) is 17.7. The second-order valence-electron chi connectivity index (χ2n) is 7.69. The molecule has 1 unspecified atom stereocenters. The lowest BCUT2D eigenvalue weighted by atomic mass is 9.94. The third-order valence-corrected chi connectivity index (χ3v) is 5.77. The Morgan fingerprint density at radius 3 is 2.56 bits per heavy atom. The largest absolute Gasteiger partial charge is 0.352 e. The molecule has 0 bridgehead atoms. The highest BCUT2D eigenvalue weighted by atomic mass is 16.2. The lowest BCUT2D eigenvalue weighted by Crippen LogP contribution is -2.38. The van der Waals surface area contributed by atoms with Crippen LogP contribution >= 0.6 is 0 Å². The van der Waals surface area contributed by atoms with Crippen LogP contribution in [0, 0.1) is 5.92 Å². The molecular formula is C22H25N3O2. The maximum atomic E-state index is 13.1. The quantitative estimate of drug-likeness (QED) is 0.858. The van der Waals surface area contributed by atoms with Crippen LogP contribution in [0.25, 0.3) is 0 Å². The van der Waals surface area contributed by atoms with Crippen molar-refractivity contribution in [3.05, 3.63) is 66.0 Å². The number of hydrogen-bond donors (Lipinski definition) is 1. The number of nitrogens with one attached hydrogen (secondary N) is 1. The molecule has 2 fully saturated rings. The Hall–Kier alpha value is -2.69. The summed E-state index contributed by atoms with van der Waals surface area (Å²) in [5.41, 5.74) is 1.87. The van der Waals surface area contributed by atoms with E-state index in [1.165, 1.54) is 0 Å². The minimum absolute atomic E-state index is 0.0512. The highest BCUT2D eigenvalue weighted by Gasteiger charge is 2.53. The van der Waals surface area contributed by atoms with Gasteiger partial charge in [-0.05, 0) is 48.4 Å². The van der Waals surface area contributed by atoms with E-state index in [1.54, 1.807) is 12.4 Å². The molecule has 1 saturated carbocycles. The van der Waals surface area contributed by atoms with E-state index in [4.69, 9.17) is 0 Å². The third-order valence-electron chi connectivity index (χ3n) is 5.77. The number of aromatic nitrogens is 1. The monoisotopic (exact) mass is 363 g/mol. The zero-order valence-corrected chi connectivity index (χ0v) is 15.4. The normalized spacial score (nSPS) is 20.3. The van der Waals surface area contributed by atoms with Gasteiger partial charge in [-0.2, -0.15) is 0 Å². The molecule has 1 N–H and O–H groups in total. The Morgan fingerprint density at radius 2 is 1.85 bits per heavy atom. The number of nitrogens with zero attached hydrogens (tertiary/aromatic N) is 2. The molecule has 4 rings (SSSR count). The van der Waals surface area contributed by atoms with Gasteiger partial charge in [-0.15, -0.1) is 0 Å². The summed E-state index contributed by atoms with van der Waals surface area (Å²) in [6.45, 7) is 1.97. The third kappa shape index (κ3) is 3.87. The van der Waals surface area contributed by atoms with Crippen LogP contribution in [0.1, 0.15) is 36.8 Å². The van der Waals surface area contributed by atoms with Gasteiger partial charge in [0.2, 0.25) is 11.8 Å². The Balaban J connectivity index is 1.29. The van der Waals surface area contributed by atoms with Gasteiger partial charge in [0, 0.05) is 38.4 Å². The molecule has 1 aromatic heterocycles. The van der Waals surface area contributed by atoms with Gasteiger partial charge >= 0.3 is 0 Å². The summed E-state index contributed by atoms with van der Waals surface area (Å²) in [7, 11) is 0. The molecule has 140 valence electrons. The van der Waals surface area contributed by atoms with Crippen molar-refractivity contribution >= 4 is 11.8 Å². The van der Waals surface area contributed by atoms with Gasteiger partial charge in [0.05, 0.1) is 5.41 Å². The smallest absolute Gasteiger partial charge is 0.233 e. The number of amides is 2. The van der Waals surface area contributed by atoms with Gasteiger partial charge in [0.15, 0.2) is 0 Å². The lowest BCUT2D eigenvalue weighted by Gasteiger charge is -2.23. The van der Waals surface area contributed by atoms with E-state index in [-0.39, 0.29) is 23.1 Å². The highest BCUT2D eigenvalue weighted by Crippen LogP contribution is 2.50. The van der Waals surface area contributed by atoms with E-state index >= 15 is 0 Å². The number of hydrogen-bond acceptors (Lipinski definition) is 3. The van der Waals surface area contributed by atoms with Gasteiger partial charge in [0.1, 0.15) is 0 Å².